The topological polar surface area (TPSA) is 88.0 Å². The molecule has 0 bridgehead atoms. The molecule has 0 spiro atoms. The van der Waals surface area contributed by atoms with Crippen molar-refractivity contribution < 1.29 is 19.4 Å². The van der Waals surface area contributed by atoms with Gasteiger partial charge in [-0.3, -0.25) is 4.79 Å². The van der Waals surface area contributed by atoms with Crippen LogP contribution in [0.25, 0.3) is 0 Å². The van der Waals surface area contributed by atoms with E-state index < -0.39 is 11.9 Å². The van der Waals surface area contributed by atoms with E-state index in [1.54, 1.807) is 42.5 Å². The number of ether oxygens (including phenoxy) is 1. The minimum Gasteiger partial charge on any atom is -0.507 e. The molecule has 2 N–H and O–H groups in total. The van der Waals surface area contributed by atoms with Gasteiger partial charge in [-0.2, -0.15) is 5.10 Å². The van der Waals surface area contributed by atoms with Crippen LogP contribution in [0.2, 0.25) is 5.02 Å². The van der Waals surface area contributed by atoms with E-state index in [1.165, 1.54) is 18.3 Å². The Morgan fingerprint density at radius 3 is 2.52 bits per heavy atom. The number of para-hydroxylation sites is 1. The fourth-order valence-electron chi connectivity index (χ4n) is 2.45. The Bertz CT molecular complexity index is 1080. The molecule has 7 heteroatoms. The number of aromatic hydroxyl groups is 1. The van der Waals surface area contributed by atoms with Gasteiger partial charge in [-0.05, 0) is 49.4 Å². The van der Waals surface area contributed by atoms with Crippen molar-refractivity contribution >= 4 is 29.7 Å². The molecule has 1 amide bonds. The number of hydrogen-bond donors (Lipinski definition) is 2. The summed E-state index contributed by atoms with van der Waals surface area (Å²) in [6.45, 7) is 1.92. The number of benzene rings is 3. The minimum absolute atomic E-state index is 0.0850. The summed E-state index contributed by atoms with van der Waals surface area (Å²) >= 11 is 6.02. The fraction of sp³-hybridized carbons (Fsp3) is 0.0455. The number of phenolic OH excluding ortho intramolecular Hbond substituents is 1. The molecule has 0 aliphatic carbocycles. The number of nitrogens with one attached hydrogen (secondary N) is 1. The number of hydrazone groups is 1. The molecule has 0 saturated carbocycles. The van der Waals surface area contributed by atoms with Gasteiger partial charge < -0.3 is 9.84 Å². The van der Waals surface area contributed by atoms with E-state index in [9.17, 15) is 14.7 Å². The van der Waals surface area contributed by atoms with Crippen LogP contribution in [0.5, 0.6) is 11.5 Å². The van der Waals surface area contributed by atoms with Crippen molar-refractivity contribution in [3.05, 3.63) is 94.0 Å². The summed E-state index contributed by atoms with van der Waals surface area (Å²) < 4.78 is 5.45. The van der Waals surface area contributed by atoms with Gasteiger partial charge in [0.15, 0.2) is 0 Å². The van der Waals surface area contributed by atoms with Crippen LogP contribution in [0.3, 0.4) is 0 Å². The molecular formula is C22H17ClN2O4. The van der Waals surface area contributed by atoms with Crippen LogP contribution in [0.15, 0.2) is 71.8 Å². The first kappa shape index (κ1) is 20.1. The Hall–Kier alpha value is -3.64. The second-order valence-electron chi connectivity index (χ2n) is 6.15. The summed E-state index contributed by atoms with van der Waals surface area (Å²) in [6.07, 6.45) is 1.31. The summed E-state index contributed by atoms with van der Waals surface area (Å²) in [4.78, 5) is 24.5. The van der Waals surface area contributed by atoms with Gasteiger partial charge in [-0.25, -0.2) is 10.2 Å². The number of nitrogens with zero attached hydrogens (tertiary/aromatic N) is 1. The zero-order valence-corrected chi connectivity index (χ0v) is 16.2. The molecular weight excluding hydrogens is 392 g/mol. The zero-order valence-electron chi connectivity index (χ0n) is 15.4. The number of halogens is 1. The molecule has 0 atom stereocenters. The van der Waals surface area contributed by atoms with Gasteiger partial charge in [0.25, 0.3) is 5.91 Å². The molecule has 29 heavy (non-hydrogen) atoms. The molecule has 0 aliphatic rings. The van der Waals surface area contributed by atoms with Crippen LogP contribution in [-0.4, -0.2) is 23.2 Å². The van der Waals surface area contributed by atoms with E-state index in [4.69, 9.17) is 16.3 Å². The molecule has 146 valence electrons. The Kier molecular flexibility index (Phi) is 6.26. The number of esters is 1. The van der Waals surface area contributed by atoms with Gasteiger partial charge in [0.05, 0.1) is 17.3 Å². The van der Waals surface area contributed by atoms with Gasteiger partial charge in [-0.15, -0.1) is 0 Å². The zero-order chi connectivity index (χ0) is 20.8. The van der Waals surface area contributed by atoms with Gasteiger partial charge in [-0.1, -0.05) is 41.4 Å². The summed E-state index contributed by atoms with van der Waals surface area (Å²) in [5.74, 6) is -1.03. The second-order valence-corrected chi connectivity index (χ2v) is 6.59. The maximum absolute atomic E-state index is 12.4. The highest BCUT2D eigenvalue weighted by molar-refractivity contribution is 6.31. The van der Waals surface area contributed by atoms with Crippen LogP contribution < -0.4 is 10.2 Å². The lowest BCUT2D eigenvalue weighted by atomic mass is 10.1. The normalized spacial score (nSPS) is 10.7. The van der Waals surface area contributed by atoms with Crippen molar-refractivity contribution in [1.29, 1.82) is 0 Å². The smallest absolute Gasteiger partial charge is 0.343 e. The first-order valence-electron chi connectivity index (χ1n) is 8.64. The van der Waals surface area contributed by atoms with E-state index in [0.717, 1.165) is 5.56 Å². The monoisotopic (exact) mass is 408 g/mol. The molecule has 0 unspecified atom stereocenters. The fourth-order valence-corrected chi connectivity index (χ4v) is 2.63. The number of phenols is 1. The molecule has 0 radical (unpaired) electrons. The average molecular weight is 409 g/mol. The number of carbonyl (C=O) groups excluding carboxylic acids is 2. The number of rotatable bonds is 5. The third-order valence-electron chi connectivity index (χ3n) is 3.98. The molecule has 3 rings (SSSR count). The first-order valence-corrected chi connectivity index (χ1v) is 9.01. The molecule has 0 aliphatic heterocycles. The third kappa shape index (κ3) is 5.21. The molecule has 0 saturated heterocycles. The van der Waals surface area contributed by atoms with Crippen molar-refractivity contribution in [1.82, 2.24) is 5.43 Å². The molecule has 6 nitrogen and oxygen atoms in total. The maximum atomic E-state index is 12.4. The SMILES string of the molecule is Cc1ccc(C(=O)Oc2ccc(Cl)cc2/C=N/NC(=O)c2ccccc2O)cc1. The molecule has 0 heterocycles. The van der Waals surface area contributed by atoms with Crippen LogP contribution in [-0.2, 0) is 0 Å². The van der Waals surface area contributed by atoms with E-state index in [2.05, 4.69) is 10.5 Å². The highest BCUT2D eigenvalue weighted by Gasteiger charge is 2.12. The Balaban J connectivity index is 1.75. The van der Waals surface area contributed by atoms with E-state index >= 15 is 0 Å². The highest BCUT2D eigenvalue weighted by Crippen LogP contribution is 2.23. The van der Waals surface area contributed by atoms with Crippen LogP contribution >= 0.6 is 11.6 Å². The predicted molar refractivity (Wildman–Crippen MR) is 111 cm³/mol. The van der Waals surface area contributed by atoms with E-state index in [1.807, 2.05) is 19.1 Å². The van der Waals surface area contributed by atoms with E-state index in [-0.39, 0.29) is 17.1 Å². The molecule has 3 aromatic carbocycles. The molecule has 3 aromatic rings. The number of hydrogen-bond acceptors (Lipinski definition) is 5. The Labute approximate surface area is 172 Å². The van der Waals surface area contributed by atoms with Crippen LogP contribution in [0, 0.1) is 6.92 Å². The van der Waals surface area contributed by atoms with Crippen molar-refractivity contribution in [3.8, 4) is 11.5 Å². The summed E-state index contributed by atoms with van der Waals surface area (Å²) in [6, 6.07) is 17.7. The van der Waals surface area contributed by atoms with Gasteiger partial charge >= 0.3 is 5.97 Å². The molecule has 0 aromatic heterocycles. The minimum atomic E-state index is -0.584. The second kappa shape index (κ2) is 9.03. The largest absolute Gasteiger partial charge is 0.507 e. The van der Waals surface area contributed by atoms with Crippen molar-refractivity contribution in [2.75, 3.05) is 0 Å². The lowest BCUT2D eigenvalue weighted by Crippen LogP contribution is -2.17. The summed E-state index contributed by atoms with van der Waals surface area (Å²) in [5.41, 5.74) is 4.23. The highest BCUT2D eigenvalue weighted by atomic mass is 35.5. The predicted octanol–water partition coefficient (Wildman–Crippen LogP) is 4.34. The van der Waals surface area contributed by atoms with Crippen molar-refractivity contribution in [2.45, 2.75) is 6.92 Å². The first-order chi connectivity index (χ1) is 13.9. The van der Waals surface area contributed by atoms with Crippen LogP contribution in [0.1, 0.15) is 31.8 Å². The lowest BCUT2D eigenvalue weighted by Gasteiger charge is -2.08. The lowest BCUT2D eigenvalue weighted by molar-refractivity contribution is 0.0734. The third-order valence-corrected chi connectivity index (χ3v) is 4.22. The summed E-state index contributed by atoms with van der Waals surface area (Å²) in [7, 11) is 0. The Morgan fingerprint density at radius 2 is 1.79 bits per heavy atom. The van der Waals surface area contributed by atoms with Crippen molar-refractivity contribution in [3.63, 3.8) is 0 Å². The van der Waals surface area contributed by atoms with E-state index in [0.29, 0.717) is 16.1 Å². The maximum Gasteiger partial charge on any atom is 0.343 e. The van der Waals surface area contributed by atoms with Gasteiger partial charge in [0, 0.05) is 10.6 Å². The average Bonchev–Trinajstić information content (AvgIpc) is 2.70. The quantitative estimate of drug-likeness (QED) is 0.284. The van der Waals surface area contributed by atoms with Crippen molar-refractivity contribution in [2.24, 2.45) is 5.10 Å². The molecule has 0 fully saturated rings. The Morgan fingerprint density at radius 1 is 1.07 bits per heavy atom. The summed E-state index contributed by atoms with van der Waals surface area (Å²) in [5, 5.41) is 14.0. The standard InChI is InChI=1S/C22H17ClN2O4/c1-14-6-8-15(9-7-14)22(28)29-20-11-10-17(23)12-16(20)13-24-25-21(27)18-4-2-3-5-19(18)26/h2-13,26H,1H3,(H,25,27)/b24-13+. The number of carbonyl (C=O) groups is 2. The number of amides is 1. The number of aryl methyl sites for hydroxylation is 1. The van der Waals surface area contributed by atoms with Gasteiger partial charge in [0.1, 0.15) is 11.5 Å². The van der Waals surface area contributed by atoms with Crippen LogP contribution in [0.4, 0.5) is 0 Å². The van der Waals surface area contributed by atoms with Gasteiger partial charge in [0.2, 0.25) is 0 Å².